The molecule has 0 aromatic heterocycles. The van der Waals surface area contributed by atoms with Crippen molar-refractivity contribution in [1.82, 2.24) is 16.0 Å². The van der Waals surface area contributed by atoms with Crippen molar-refractivity contribution in [2.45, 2.75) is 58.0 Å². The lowest BCUT2D eigenvalue weighted by Crippen LogP contribution is -2.45. The van der Waals surface area contributed by atoms with Crippen LogP contribution in [0.25, 0.3) is 0 Å². The lowest BCUT2D eigenvalue weighted by atomic mass is 10.0. The van der Waals surface area contributed by atoms with Crippen LogP contribution in [0, 0.1) is 5.92 Å². The van der Waals surface area contributed by atoms with E-state index in [2.05, 4.69) is 16.0 Å². The summed E-state index contributed by atoms with van der Waals surface area (Å²) in [5, 5.41) is 25.2. The van der Waals surface area contributed by atoms with Crippen molar-refractivity contribution >= 4 is 29.7 Å². The molecule has 10 heteroatoms. The number of amides is 3. The highest BCUT2D eigenvalue weighted by Gasteiger charge is 2.25. The summed E-state index contributed by atoms with van der Waals surface area (Å²) in [4.78, 5) is 57.3. The van der Waals surface area contributed by atoms with Crippen molar-refractivity contribution in [2.24, 2.45) is 5.92 Å². The van der Waals surface area contributed by atoms with Gasteiger partial charge in [0.1, 0.15) is 12.1 Å². The predicted octanol–water partition coefficient (Wildman–Crippen LogP) is -0.522. The van der Waals surface area contributed by atoms with E-state index in [-0.39, 0.29) is 31.6 Å². The molecule has 0 fully saturated rings. The Morgan fingerprint density at radius 1 is 0.885 bits per heavy atom. The number of nitrogens with one attached hydrogen (secondary N) is 3. The zero-order valence-electron chi connectivity index (χ0n) is 15.2. The van der Waals surface area contributed by atoms with E-state index in [0.29, 0.717) is 6.42 Å². The van der Waals surface area contributed by atoms with Gasteiger partial charge >= 0.3 is 11.9 Å². The van der Waals surface area contributed by atoms with Gasteiger partial charge in [-0.1, -0.05) is 20.3 Å². The Balaban J connectivity index is 4.62. The summed E-state index contributed by atoms with van der Waals surface area (Å²) in [6.07, 6.45) is 0.282. The first kappa shape index (κ1) is 23.4. The molecule has 0 aliphatic heterocycles. The molecule has 3 atom stereocenters. The first-order valence-electron chi connectivity index (χ1n) is 8.38. The molecule has 3 amide bonds. The normalized spacial score (nSPS) is 13.8. The first-order chi connectivity index (χ1) is 12.1. The Labute approximate surface area is 151 Å². The summed E-state index contributed by atoms with van der Waals surface area (Å²) >= 11 is 0. The standard InChI is InChI=1S/C16H27N3O7/c1-4-5-10(15(23)24)18-12(20)7-6-11(16(25)26)19-14(22)9(2)8-13(21)17-3/h9-11H,4-8H2,1-3H3,(H,17,21)(H,18,20)(H,19,22)(H,23,24)(H,25,26)/t9-,10-,11-/m0/s1. The third-order valence-electron chi connectivity index (χ3n) is 3.70. The van der Waals surface area contributed by atoms with Crippen LogP contribution in [-0.4, -0.2) is 59.0 Å². The Bertz CT molecular complexity index is 536. The fourth-order valence-electron chi connectivity index (χ4n) is 2.13. The molecule has 26 heavy (non-hydrogen) atoms. The Morgan fingerprint density at radius 2 is 1.42 bits per heavy atom. The van der Waals surface area contributed by atoms with Gasteiger partial charge in [-0.15, -0.1) is 0 Å². The maximum atomic E-state index is 12.0. The summed E-state index contributed by atoms with van der Waals surface area (Å²) in [6.45, 7) is 3.26. The number of carbonyl (C=O) groups is 5. The average molecular weight is 373 g/mol. The molecule has 0 radical (unpaired) electrons. The van der Waals surface area contributed by atoms with Gasteiger partial charge < -0.3 is 26.2 Å². The number of carboxylic acid groups (broad SMARTS) is 2. The van der Waals surface area contributed by atoms with Crippen molar-refractivity contribution in [2.75, 3.05) is 7.05 Å². The molecule has 0 aromatic carbocycles. The van der Waals surface area contributed by atoms with E-state index in [0.717, 1.165) is 0 Å². The average Bonchev–Trinajstić information content (AvgIpc) is 2.57. The molecular weight excluding hydrogens is 346 g/mol. The van der Waals surface area contributed by atoms with Crippen molar-refractivity contribution in [3.8, 4) is 0 Å². The number of hydrogen-bond acceptors (Lipinski definition) is 5. The van der Waals surface area contributed by atoms with Gasteiger partial charge in [0.2, 0.25) is 17.7 Å². The van der Waals surface area contributed by atoms with Crippen LogP contribution >= 0.6 is 0 Å². The second-order valence-corrected chi connectivity index (χ2v) is 5.96. The van der Waals surface area contributed by atoms with Crippen molar-refractivity contribution < 1.29 is 34.2 Å². The molecule has 148 valence electrons. The summed E-state index contributed by atoms with van der Waals surface area (Å²) in [5.41, 5.74) is 0. The van der Waals surface area contributed by atoms with Crippen LogP contribution in [0.4, 0.5) is 0 Å². The number of hydrogen-bond donors (Lipinski definition) is 5. The minimum Gasteiger partial charge on any atom is -0.480 e. The van der Waals surface area contributed by atoms with Crippen LogP contribution in [0.2, 0.25) is 0 Å². The Morgan fingerprint density at radius 3 is 1.88 bits per heavy atom. The lowest BCUT2D eigenvalue weighted by Gasteiger charge is -2.18. The van der Waals surface area contributed by atoms with E-state index in [4.69, 9.17) is 5.11 Å². The second-order valence-electron chi connectivity index (χ2n) is 5.96. The maximum absolute atomic E-state index is 12.0. The third-order valence-corrected chi connectivity index (χ3v) is 3.70. The predicted molar refractivity (Wildman–Crippen MR) is 91.1 cm³/mol. The van der Waals surface area contributed by atoms with Crippen molar-refractivity contribution in [3.63, 3.8) is 0 Å². The van der Waals surface area contributed by atoms with Crippen LogP contribution in [-0.2, 0) is 24.0 Å². The maximum Gasteiger partial charge on any atom is 0.326 e. The number of aliphatic carboxylic acids is 2. The zero-order chi connectivity index (χ0) is 20.3. The van der Waals surface area contributed by atoms with E-state index < -0.39 is 41.8 Å². The molecule has 10 nitrogen and oxygen atoms in total. The zero-order valence-corrected chi connectivity index (χ0v) is 15.2. The molecule has 0 unspecified atom stereocenters. The number of carboxylic acids is 2. The molecule has 5 N–H and O–H groups in total. The van der Waals surface area contributed by atoms with E-state index >= 15 is 0 Å². The molecule has 0 saturated heterocycles. The van der Waals surface area contributed by atoms with Gasteiger partial charge in [-0.05, 0) is 12.8 Å². The van der Waals surface area contributed by atoms with Crippen LogP contribution in [0.15, 0.2) is 0 Å². The van der Waals surface area contributed by atoms with Gasteiger partial charge in [0.25, 0.3) is 0 Å². The van der Waals surface area contributed by atoms with Crippen LogP contribution in [0.3, 0.4) is 0 Å². The van der Waals surface area contributed by atoms with Gasteiger partial charge in [0.15, 0.2) is 0 Å². The second kappa shape index (κ2) is 11.8. The monoisotopic (exact) mass is 373 g/mol. The van der Waals surface area contributed by atoms with Crippen LogP contribution < -0.4 is 16.0 Å². The molecule has 0 aromatic rings. The number of rotatable bonds is 12. The highest BCUT2D eigenvalue weighted by Crippen LogP contribution is 2.06. The largest absolute Gasteiger partial charge is 0.480 e. The topological polar surface area (TPSA) is 162 Å². The highest BCUT2D eigenvalue weighted by molar-refractivity contribution is 5.89. The fraction of sp³-hybridized carbons (Fsp3) is 0.688. The Hall–Kier alpha value is -2.65. The molecule has 0 aliphatic rings. The summed E-state index contributed by atoms with van der Waals surface area (Å²) in [7, 11) is 1.43. The number of carbonyl (C=O) groups excluding carboxylic acids is 3. The van der Waals surface area contributed by atoms with Crippen LogP contribution in [0.1, 0.15) is 46.0 Å². The smallest absolute Gasteiger partial charge is 0.326 e. The van der Waals surface area contributed by atoms with E-state index in [1.54, 1.807) is 6.92 Å². The summed E-state index contributed by atoms with van der Waals surface area (Å²) < 4.78 is 0. The van der Waals surface area contributed by atoms with Gasteiger partial charge in [0.05, 0.1) is 0 Å². The molecule has 0 aliphatic carbocycles. The fourth-order valence-corrected chi connectivity index (χ4v) is 2.13. The first-order valence-corrected chi connectivity index (χ1v) is 8.38. The molecule has 0 saturated carbocycles. The minimum atomic E-state index is -1.32. The van der Waals surface area contributed by atoms with Gasteiger partial charge in [-0.25, -0.2) is 9.59 Å². The summed E-state index contributed by atoms with van der Waals surface area (Å²) in [5.74, 6) is -4.78. The van der Waals surface area contributed by atoms with E-state index in [9.17, 15) is 29.1 Å². The minimum absolute atomic E-state index is 0.0908. The van der Waals surface area contributed by atoms with Gasteiger partial charge in [-0.2, -0.15) is 0 Å². The van der Waals surface area contributed by atoms with Gasteiger partial charge in [0, 0.05) is 25.8 Å². The molecule has 0 spiro atoms. The SMILES string of the molecule is CCC[C@H](NC(=O)CC[C@H](NC(=O)[C@@H](C)CC(=O)NC)C(=O)O)C(=O)O. The molecular formula is C16H27N3O7. The van der Waals surface area contributed by atoms with Crippen LogP contribution in [0.5, 0.6) is 0 Å². The highest BCUT2D eigenvalue weighted by atomic mass is 16.4. The third kappa shape index (κ3) is 9.00. The molecule has 0 bridgehead atoms. The van der Waals surface area contributed by atoms with E-state index in [1.807, 2.05) is 0 Å². The summed E-state index contributed by atoms with van der Waals surface area (Å²) in [6, 6.07) is -2.34. The van der Waals surface area contributed by atoms with E-state index in [1.165, 1.54) is 14.0 Å². The van der Waals surface area contributed by atoms with Gasteiger partial charge in [-0.3, -0.25) is 14.4 Å². The Kier molecular flexibility index (Phi) is 10.6. The molecule has 0 heterocycles. The van der Waals surface area contributed by atoms with Crippen molar-refractivity contribution in [3.05, 3.63) is 0 Å². The molecule has 0 rings (SSSR count). The van der Waals surface area contributed by atoms with Crippen molar-refractivity contribution in [1.29, 1.82) is 0 Å². The lowest BCUT2D eigenvalue weighted by molar-refractivity contribution is -0.144. The quantitative estimate of drug-likeness (QED) is 0.307.